The molecule has 0 spiro atoms. The van der Waals surface area contributed by atoms with Gasteiger partial charge in [-0.25, -0.2) is 13.1 Å². The Morgan fingerprint density at radius 3 is 2.10 bits per heavy atom. The number of likely N-dealkylation sites (N-methyl/N-ethyl adjacent to an activating group) is 1. The molecule has 120 valence electrons. The normalized spacial score (nSPS) is 14.0. The van der Waals surface area contributed by atoms with E-state index in [1.165, 1.54) is 12.1 Å². The fourth-order valence-corrected chi connectivity index (χ4v) is 5.05. The molecule has 0 amide bonds. The van der Waals surface area contributed by atoms with E-state index >= 15 is 0 Å². The summed E-state index contributed by atoms with van der Waals surface area (Å²) in [7, 11) is 0.0686. The summed E-state index contributed by atoms with van der Waals surface area (Å²) in [5.41, 5.74) is 0. The average molecular weight is 418 g/mol. The maximum absolute atomic E-state index is 12.4. The molecule has 0 heterocycles. The quantitative estimate of drug-likeness (QED) is 0.768. The predicted molar refractivity (Wildman–Crippen MR) is 91.7 cm³/mol. The minimum Gasteiger partial charge on any atom is -0.305 e. The van der Waals surface area contributed by atoms with Crippen molar-refractivity contribution < 1.29 is 8.42 Å². The van der Waals surface area contributed by atoms with Gasteiger partial charge in [-0.05, 0) is 32.1 Å². The van der Waals surface area contributed by atoms with Gasteiger partial charge in [0.25, 0.3) is 0 Å². The minimum absolute atomic E-state index is 0.0766. The summed E-state index contributed by atoms with van der Waals surface area (Å²) in [6.07, 6.45) is 0. The number of nitrogens with zero attached hydrogens (tertiary/aromatic N) is 1. The third-order valence-electron chi connectivity index (χ3n) is 3.15. The number of rotatable bonds is 6. The largest absolute Gasteiger partial charge is 0.305 e. The average Bonchev–Trinajstić information content (AvgIpc) is 2.25. The summed E-state index contributed by atoms with van der Waals surface area (Å²) >= 11 is 15.3. The van der Waals surface area contributed by atoms with Crippen molar-refractivity contribution in [3.05, 3.63) is 26.7 Å². The number of benzene rings is 1. The Labute approximate surface area is 145 Å². The van der Waals surface area contributed by atoms with Gasteiger partial charge in [0.15, 0.2) is 0 Å². The third kappa shape index (κ3) is 5.08. The Balaban J connectivity index is 3.03. The van der Waals surface area contributed by atoms with Crippen molar-refractivity contribution in [2.75, 3.05) is 20.6 Å². The standard InChI is InChI=1S/C13H19BrCl2N2O2S/c1-8(2)12(18(3)4)7-17-21(19,20)13-10(15)5-9(14)6-11(13)16/h5-6,8,12,17H,7H2,1-4H3. The molecule has 0 saturated carbocycles. The first kappa shape index (κ1) is 19.2. The number of sulfonamides is 1. The smallest absolute Gasteiger partial charge is 0.243 e. The summed E-state index contributed by atoms with van der Waals surface area (Å²) in [6, 6.07) is 3.09. The molecule has 0 aliphatic heterocycles. The lowest BCUT2D eigenvalue weighted by molar-refractivity contribution is 0.233. The molecular formula is C13H19BrCl2N2O2S. The lowest BCUT2D eigenvalue weighted by Gasteiger charge is -2.28. The van der Waals surface area contributed by atoms with E-state index in [0.29, 0.717) is 10.4 Å². The number of hydrogen-bond donors (Lipinski definition) is 1. The second-order valence-electron chi connectivity index (χ2n) is 5.33. The molecule has 1 atom stereocenters. The van der Waals surface area contributed by atoms with Crippen LogP contribution >= 0.6 is 39.1 Å². The molecule has 1 aromatic carbocycles. The highest BCUT2D eigenvalue weighted by Gasteiger charge is 2.25. The van der Waals surface area contributed by atoms with Crippen LogP contribution in [0.2, 0.25) is 10.0 Å². The molecule has 4 nitrogen and oxygen atoms in total. The molecule has 21 heavy (non-hydrogen) atoms. The Hall–Kier alpha value is 0.150. The summed E-state index contributed by atoms with van der Waals surface area (Å²) in [6.45, 7) is 4.37. The molecule has 0 aromatic heterocycles. The maximum atomic E-state index is 12.4. The van der Waals surface area contributed by atoms with Crippen LogP contribution in [0, 0.1) is 5.92 Å². The second kappa shape index (κ2) is 7.62. The summed E-state index contributed by atoms with van der Waals surface area (Å²) in [4.78, 5) is 1.90. The zero-order chi connectivity index (χ0) is 16.4. The van der Waals surface area contributed by atoms with Crippen molar-refractivity contribution in [1.82, 2.24) is 9.62 Å². The van der Waals surface area contributed by atoms with E-state index in [4.69, 9.17) is 23.2 Å². The van der Waals surface area contributed by atoms with E-state index in [2.05, 4.69) is 20.7 Å². The van der Waals surface area contributed by atoms with Crippen molar-refractivity contribution in [2.24, 2.45) is 5.92 Å². The van der Waals surface area contributed by atoms with Crippen molar-refractivity contribution in [3.63, 3.8) is 0 Å². The summed E-state index contributed by atoms with van der Waals surface area (Å²) in [5.74, 6) is 0.304. The molecule has 1 rings (SSSR count). The van der Waals surface area contributed by atoms with Gasteiger partial charge in [-0.3, -0.25) is 0 Å². The Morgan fingerprint density at radius 2 is 1.71 bits per heavy atom. The van der Waals surface area contributed by atoms with Crippen molar-refractivity contribution >= 4 is 49.2 Å². The molecule has 1 N–H and O–H groups in total. The highest BCUT2D eigenvalue weighted by atomic mass is 79.9. The van der Waals surface area contributed by atoms with Gasteiger partial charge in [0, 0.05) is 17.1 Å². The van der Waals surface area contributed by atoms with Crippen LogP contribution in [0.15, 0.2) is 21.5 Å². The van der Waals surface area contributed by atoms with Crippen LogP contribution in [-0.4, -0.2) is 40.0 Å². The van der Waals surface area contributed by atoms with Gasteiger partial charge in [-0.15, -0.1) is 0 Å². The van der Waals surface area contributed by atoms with Crippen LogP contribution in [0.4, 0.5) is 0 Å². The molecule has 1 aromatic rings. The van der Waals surface area contributed by atoms with Crippen LogP contribution in [0.3, 0.4) is 0 Å². The van der Waals surface area contributed by atoms with Gasteiger partial charge in [-0.1, -0.05) is 53.0 Å². The molecule has 0 bridgehead atoms. The first-order chi connectivity index (χ1) is 9.56. The number of halogens is 3. The highest BCUT2D eigenvalue weighted by molar-refractivity contribution is 9.10. The van der Waals surface area contributed by atoms with Crippen molar-refractivity contribution in [1.29, 1.82) is 0 Å². The first-order valence-corrected chi connectivity index (χ1v) is 9.40. The second-order valence-corrected chi connectivity index (χ2v) is 8.76. The van der Waals surface area contributed by atoms with E-state index < -0.39 is 10.0 Å². The Bertz CT molecular complexity index is 575. The minimum atomic E-state index is -3.76. The van der Waals surface area contributed by atoms with Crippen LogP contribution in [-0.2, 0) is 10.0 Å². The van der Waals surface area contributed by atoms with Crippen molar-refractivity contribution in [2.45, 2.75) is 24.8 Å². The van der Waals surface area contributed by atoms with Gasteiger partial charge < -0.3 is 4.90 Å². The zero-order valence-corrected chi connectivity index (χ0v) is 16.2. The van der Waals surface area contributed by atoms with Crippen LogP contribution in [0.1, 0.15) is 13.8 Å². The summed E-state index contributed by atoms with van der Waals surface area (Å²) in [5, 5.41) is 0.181. The lowest BCUT2D eigenvalue weighted by Crippen LogP contribution is -2.43. The topological polar surface area (TPSA) is 49.4 Å². The van der Waals surface area contributed by atoms with Gasteiger partial charge in [0.1, 0.15) is 4.90 Å². The number of hydrogen-bond acceptors (Lipinski definition) is 3. The Morgan fingerprint density at radius 1 is 1.24 bits per heavy atom. The van der Waals surface area contributed by atoms with Crippen LogP contribution in [0.25, 0.3) is 0 Å². The molecule has 0 fully saturated rings. The first-order valence-electron chi connectivity index (χ1n) is 6.37. The monoisotopic (exact) mass is 416 g/mol. The lowest BCUT2D eigenvalue weighted by atomic mass is 10.0. The van der Waals surface area contributed by atoms with Crippen LogP contribution in [0.5, 0.6) is 0 Å². The van der Waals surface area contributed by atoms with E-state index in [-0.39, 0.29) is 27.5 Å². The molecule has 0 aliphatic carbocycles. The molecule has 8 heteroatoms. The van der Waals surface area contributed by atoms with Gasteiger partial charge in [-0.2, -0.15) is 0 Å². The SMILES string of the molecule is CC(C)C(CNS(=O)(=O)c1c(Cl)cc(Br)cc1Cl)N(C)C. The van der Waals surface area contributed by atoms with E-state index in [1.807, 2.05) is 32.8 Å². The molecule has 0 aliphatic rings. The summed E-state index contributed by atoms with van der Waals surface area (Å²) < 4.78 is 28.1. The Kier molecular flexibility index (Phi) is 6.96. The fourth-order valence-electron chi connectivity index (χ4n) is 2.07. The molecule has 0 saturated heterocycles. The van der Waals surface area contributed by atoms with E-state index in [9.17, 15) is 8.42 Å². The predicted octanol–water partition coefficient (Wildman–Crippen LogP) is 3.62. The third-order valence-corrected chi connectivity index (χ3v) is 5.95. The van der Waals surface area contributed by atoms with E-state index in [1.54, 1.807) is 0 Å². The highest BCUT2D eigenvalue weighted by Crippen LogP contribution is 2.32. The van der Waals surface area contributed by atoms with Gasteiger partial charge in [0.05, 0.1) is 10.0 Å². The van der Waals surface area contributed by atoms with E-state index in [0.717, 1.165) is 0 Å². The molecule has 1 unspecified atom stereocenters. The van der Waals surface area contributed by atoms with Crippen molar-refractivity contribution in [3.8, 4) is 0 Å². The van der Waals surface area contributed by atoms with Crippen LogP contribution < -0.4 is 4.72 Å². The zero-order valence-electron chi connectivity index (χ0n) is 12.3. The molecule has 0 radical (unpaired) electrons. The maximum Gasteiger partial charge on any atom is 0.243 e. The molecular weight excluding hydrogens is 399 g/mol. The van der Waals surface area contributed by atoms with Gasteiger partial charge in [0.2, 0.25) is 10.0 Å². The fraction of sp³-hybridized carbons (Fsp3) is 0.538. The van der Waals surface area contributed by atoms with Gasteiger partial charge >= 0.3 is 0 Å². The number of nitrogens with one attached hydrogen (secondary N) is 1.